The second-order valence-electron chi connectivity index (χ2n) is 7.68. The Morgan fingerprint density at radius 2 is 1.72 bits per heavy atom. The van der Waals surface area contributed by atoms with E-state index in [1.165, 1.54) is 4.90 Å². The number of anilines is 1. The van der Waals surface area contributed by atoms with Crippen LogP contribution in [0.2, 0.25) is 5.02 Å². The minimum Gasteiger partial charge on any atom is -0.465 e. The van der Waals surface area contributed by atoms with E-state index in [-0.39, 0.29) is 18.0 Å². The molecule has 0 bridgehead atoms. The quantitative estimate of drug-likeness (QED) is 0.646. The Morgan fingerprint density at radius 1 is 1.09 bits per heavy atom. The normalized spacial score (nSPS) is 21.3. The maximum Gasteiger partial charge on any atom is 0.407 e. The first-order valence-electron chi connectivity index (χ1n) is 9.85. The van der Waals surface area contributed by atoms with E-state index in [0.717, 1.165) is 5.69 Å². The summed E-state index contributed by atoms with van der Waals surface area (Å²) in [6.45, 7) is 0.815. The lowest BCUT2D eigenvalue weighted by atomic mass is 9.94. The second kappa shape index (κ2) is 9.52. The molecule has 32 heavy (non-hydrogen) atoms. The lowest BCUT2D eigenvalue weighted by Crippen LogP contribution is -2.62. The third-order valence-corrected chi connectivity index (χ3v) is 6.02. The smallest absolute Gasteiger partial charge is 0.407 e. The number of amides is 1. The zero-order chi connectivity index (χ0) is 23.7. The summed E-state index contributed by atoms with van der Waals surface area (Å²) in [6.07, 6.45) is -13.1. The van der Waals surface area contributed by atoms with Crippen molar-refractivity contribution in [3.8, 4) is 0 Å². The average molecular weight is 490 g/mol. The van der Waals surface area contributed by atoms with E-state index in [9.17, 15) is 36.2 Å². The molecule has 1 aromatic rings. The van der Waals surface area contributed by atoms with E-state index in [1.807, 2.05) is 4.90 Å². The lowest BCUT2D eigenvalue weighted by molar-refractivity contribution is -0.300. The first-order chi connectivity index (χ1) is 14.9. The van der Waals surface area contributed by atoms with E-state index in [2.05, 4.69) is 0 Å². The SMILES string of the molecule is O=C(O)N1CCN(Cc2c(Cl)cccc2N2CCOCC2)CC1C(C(F)(F)F)C(F)(F)F. The van der Waals surface area contributed by atoms with Gasteiger partial charge in [-0.05, 0) is 12.1 Å². The fraction of sp³-hybridized carbons (Fsp3) is 0.632. The summed E-state index contributed by atoms with van der Waals surface area (Å²) in [4.78, 5) is 15.0. The Labute approximate surface area is 185 Å². The zero-order valence-electron chi connectivity index (χ0n) is 16.8. The van der Waals surface area contributed by atoms with Gasteiger partial charge in [0.25, 0.3) is 0 Å². The molecule has 1 atom stereocenters. The molecular weight excluding hydrogens is 468 g/mol. The van der Waals surface area contributed by atoms with E-state index >= 15 is 0 Å². The van der Waals surface area contributed by atoms with Crippen molar-refractivity contribution in [3.05, 3.63) is 28.8 Å². The summed E-state index contributed by atoms with van der Waals surface area (Å²) in [5, 5.41) is 9.58. The Morgan fingerprint density at radius 3 is 2.28 bits per heavy atom. The Kier molecular flexibility index (Phi) is 7.35. The molecule has 0 radical (unpaired) electrons. The van der Waals surface area contributed by atoms with Crippen LogP contribution in [0.5, 0.6) is 0 Å². The van der Waals surface area contributed by atoms with Crippen LogP contribution in [0.1, 0.15) is 5.56 Å². The molecule has 2 heterocycles. The van der Waals surface area contributed by atoms with Gasteiger partial charge in [-0.3, -0.25) is 4.90 Å². The van der Waals surface area contributed by atoms with Gasteiger partial charge in [0.15, 0.2) is 5.92 Å². The van der Waals surface area contributed by atoms with Gasteiger partial charge < -0.3 is 19.6 Å². The minimum atomic E-state index is -5.65. The molecule has 1 amide bonds. The molecule has 13 heteroatoms. The van der Waals surface area contributed by atoms with Crippen molar-refractivity contribution < 1.29 is 41.0 Å². The maximum atomic E-state index is 13.4. The van der Waals surface area contributed by atoms with Gasteiger partial charge in [-0.25, -0.2) is 4.79 Å². The van der Waals surface area contributed by atoms with E-state index in [1.54, 1.807) is 18.2 Å². The first-order valence-corrected chi connectivity index (χ1v) is 10.2. The van der Waals surface area contributed by atoms with Crippen LogP contribution < -0.4 is 4.90 Å². The number of morpholine rings is 1. The van der Waals surface area contributed by atoms with Crippen LogP contribution in [-0.4, -0.2) is 85.3 Å². The number of rotatable bonds is 4. The standard InChI is InChI=1S/C19H22ClF6N3O3/c20-13-2-1-3-14(28-6-8-32-9-7-28)12(13)10-27-4-5-29(17(30)31)15(11-27)16(18(21,22)23)19(24,25)26/h1-3,15-16H,4-11H2,(H,30,31). The van der Waals surface area contributed by atoms with Crippen LogP contribution in [0.3, 0.4) is 0 Å². The van der Waals surface area contributed by atoms with Crippen molar-refractivity contribution in [1.29, 1.82) is 0 Å². The number of piperazine rings is 1. The van der Waals surface area contributed by atoms with Crippen molar-refractivity contribution in [2.24, 2.45) is 5.92 Å². The highest BCUT2D eigenvalue weighted by molar-refractivity contribution is 6.31. The van der Waals surface area contributed by atoms with Gasteiger partial charge in [-0.1, -0.05) is 17.7 Å². The van der Waals surface area contributed by atoms with Gasteiger partial charge in [0, 0.05) is 55.5 Å². The van der Waals surface area contributed by atoms with Crippen molar-refractivity contribution in [1.82, 2.24) is 9.80 Å². The molecule has 0 aliphatic carbocycles. The Bertz CT molecular complexity index is 802. The lowest BCUT2D eigenvalue weighted by Gasteiger charge is -2.44. The van der Waals surface area contributed by atoms with Gasteiger partial charge >= 0.3 is 18.4 Å². The van der Waals surface area contributed by atoms with Gasteiger partial charge in [0.2, 0.25) is 0 Å². The third-order valence-electron chi connectivity index (χ3n) is 5.67. The number of hydrogen-bond acceptors (Lipinski definition) is 4. The predicted molar refractivity (Wildman–Crippen MR) is 104 cm³/mol. The number of hydrogen-bond donors (Lipinski definition) is 1. The molecule has 2 fully saturated rings. The van der Waals surface area contributed by atoms with Crippen molar-refractivity contribution in [3.63, 3.8) is 0 Å². The van der Waals surface area contributed by atoms with E-state index in [0.29, 0.717) is 36.9 Å². The predicted octanol–water partition coefficient (Wildman–Crippen LogP) is 4.08. The van der Waals surface area contributed by atoms with Crippen LogP contribution in [0.4, 0.5) is 36.8 Å². The molecule has 3 rings (SSSR count). The molecule has 1 unspecified atom stereocenters. The molecule has 2 aliphatic heterocycles. The summed E-state index contributed by atoms with van der Waals surface area (Å²) >= 11 is 6.34. The molecule has 180 valence electrons. The number of ether oxygens (including phenoxy) is 1. The second-order valence-corrected chi connectivity index (χ2v) is 8.08. The molecule has 6 nitrogen and oxygen atoms in total. The maximum absolute atomic E-state index is 13.4. The molecule has 2 saturated heterocycles. The monoisotopic (exact) mass is 489 g/mol. The molecule has 1 N–H and O–H groups in total. The van der Waals surface area contributed by atoms with Crippen LogP contribution >= 0.6 is 11.6 Å². The van der Waals surface area contributed by atoms with Crippen molar-refractivity contribution in [2.45, 2.75) is 24.9 Å². The highest BCUT2D eigenvalue weighted by Gasteiger charge is 2.62. The number of carbonyl (C=O) groups is 1. The largest absolute Gasteiger partial charge is 0.465 e. The molecule has 0 saturated carbocycles. The number of nitrogens with zero attached hydrogens (tertiary/aromatic N) is 3. The Balaban J connectivity index is 1.89. The minimum absolute atomic E-state index is 0.0151. The van der Waals surface area contributed by atoms with Crippen LogP contribution in [-0.2, 0) is 11.3 Å². The van der Waals surface area contributed by atoms with E-state index in [4.69, 9.17) is 16.3 Å². The van der Waals surface area contributed by atoms with E-state index < -0.39 is 43.5 Å². The van der Waals surface area contributed by atoms with Crippen LogP contribution in [0.25, 0.3) is 0 Å². The fourth-order valence-electron chi connectivity index (χ4n) is 4.19. The summed E-state index contributed by atoms with van der Waals surface area (Å²) in [5.41, 5.74) is 1.29. The molecule has 1 aromatic carbocycles. The summed E-state index contributed by atoms with van der Waals surface area (Å²) in [7, 11) is 0. The van der Waals surface area contributed by atoms with Crippen molar-refractivity contribution >= 4 is 23.4 Å². The molecule has 0 spiro atoms. The number of benzene rings is 1. The van der Waals surface area contributed by atoms with Gasteiger partial charge in [0.05, 0.1) is 19.3 Å². The van der Waals surface area contributed by atoms with Crippen molar-refractivity contribution in [2.75, 3.05) is 50.8 Å². The number of alkyl halides is 6. The highest BCUT2D eigenvalue weighted by atomic mass is 35.5. The van der Waals surface area contributed by atoms with Gasteiger partial charge in [0.1, 0.15) is 0 Å². The third kappa shape index (κ3) is 5.52. The topological polar surface area (TPSA) is 56.2 Å². The Hall–Kier alpha value is -1.92. The molecule has 0 aromatic heterocycles. The summed E-state index contributed by atoms with van der Waals surface area (Å²) in [5.74, 6) is -3.79. The fourth-order valence-corrected chi connectivity index (χ4v) is 4.41. The number of halogens is 7. The zero-order valence-corrected chi connectivity index (χ0v) is 17.6. The first kappa shape index (κ1) is 24.7. The summed E-state index contributed by atoms with van der Waals surface area (Å²) in [6, 6.07) is 2.77. The average Bonchev–Trinajstić information content (AvgIpc) is 2.68. The van der Waals surface area contributed by atoms with Crippen LogP contribution in [0, 0.1) is 5.92 Å². The highest BCUT2D eigenvalue weighted by Crippen LogP contribution is 2.44. The molecule has 2 aliphatic rings. The number of carboxylic acid groups (broad SMARTS) is 1. The van der Waals surface area contributed by atoms with Gasteiger partial charge in [-0.15, -0.1) is 0 Å². The summed E-state index contributed by atoms with van der Waals surface area (Å²) < 4.78 is 85.5. The van der Waals surface area contributed by atoms with Crippen LogP contribution in [0.15, 0.2) is 18.2 Å². The molecular formula is C19H22ClF6N3O3. The van der Waals surface area contributed by atoms with Gasteiger partial charge in [-0.2, -0.15) is 26.3 Å².